The Kier molecular flexibility index (Phi) is 5.11. The fourth-order valence-electron chi connectivity index (χ4n) is 1.43. The first kappa shape index (κ1) is 14.7. The molecule has 2 rings (SSSR count). The Bertz CT molecular complexity index is 615. The molecule has 0 radical (unpaired) electrons. The summed E-state index contributed by atoms with van der Waals surface area (Å²) in [4.78, 5) is 25.6. The Morgan fingerprint density at radius 1 is 1.47 bits per heavy atom. The van der Waals surface area contributed by atoms with E-state index in [1.807, 2.05) is 13.8 Å². The van der Waals surface area contributed by atoms with Crippen LogP contribution in [0, 0.1) is 0 Å². The van der Waals surface area contributed by atoms with Gasteiger partial charge < -0.3 is 14.5 Å². The molecule has 0 aliphatic carbocycles. The Labute approximate surface area is 110 Å². The van der Waals surface area contributed by atoms with Gasteiger partial charge in [0.2, 0.25) is 5.75 Å². The van der Waals surface area contributed by atoms with Crippen LogP contribution in [0.1, 0.15) is 31.1 Å². The number of aromatic amines is 1. The van der Waals surface area contributed by atoms with Crippen LogP contribution < -0.4 is 10.3 Å². The molecule has 0 fully saturated rings. The summed E-state index contributed by atoms with van der Waals surface area (Å²) in [6.07, 6.45) is 2.74. The molecule has 0 amide bonds. The first-order valence-electron chi connectivity index (χ1n) is 5.99. The average Bonchev–Trinajstić information content (AvgIpc) is 2.83. The van der Waals surface area contributed by atoms with E-state index in [0.29, 0.717) is 0 Å². The molecular formula is C12H17N3O4. The van der Waals surface area contributed by atoms with Crippen molar-refractivity contribution in [2.45, 2.75) is 20.8 Å². The molecule has 7 heteroatoms. The number of aromatic nitrogens is 3. The SMILES string of the molecule is CC.CCOC(=O)c1cnn2cc(OC)c(=O)[nH]c12. The second-order valence-electron chi connectivity index (χ2n) is 3.22. The lowest BCUT2D eigenvalue weighted by molar-refractivity contribution is 0.0528. The number of H-pyrrole nitrogens is 1. The summed E-state index contributed by atoms with van der Waals surface area (Å²) in [6.45, 7) is 5.96. The first-order valence-corrected chi connectivity index (χ1v) is 5.99. The van der Waals surface area contributed by atoms with Gasteiger partial charge in [0.15, 0.2) is 5.65 Å². The van der Waals surface area contributed by atoms with E-state index in [1.165, 1.54) is 24.0 Å². The molecule has 0 aromatic carbocycles. The molecule has 0 saturated heterocycles. The van der Waals surface area contributed by atoms with Crippen LogP contribution in [0.2, 0.25) is 0 Å². The summed E-state index contributed by atoms with van der Waals surface area (Å²) in [7, 11) is 1.38. The lowest BCUT2D eigenvalue weighted by atomic mass is 10.3. The van der Waals surface area contributed by atoms with Gasteiger partial charge in [-0.25, -0.2) is 9.31 Å². The molecular weight excluding hydrogens is 250 g/mol. The van der Waals surface area contributed by atoms with Crippen molar-refractivity contribution >= 4 is 11.6 Å². The molecule has 7 nitrogen and oxygen atoms in total. The molecule has 2 heterocycles. The summed E-state index contributed by atoms with van der Waals surface area (Å²) in [5.41, 5.74) is 0.0758. The van der Waals surface area contributed by atoms with E-state index in [0.717, 1.165) is 0 Å². The monoisotopic (exact) mass is 267 g/mol. The number of ether oxygens (including phenoxy) is 2. The zero-order valence-electron chi connectivity index (χ0n) is 11.4. The number of nitrogens with zero attached hydrogens (tertiary/aromatic N) is 2. The molecule has 0 aliphatic rings. The topological polar surface area (TPSA) is 85.7 Å². The zero-order valence-corrected chi connectivity index (χ0v) is 11.4. The minimum atomic E-state index is -0.525. The maximum atomic E-state index is 11.6. The highest BCUT2D eigenvalue weighted by molar-refractivity contribution is 5.95. The molecule has 0 bridgehead atoms. The molecule has 104 valence electrons. The van der Waals surface area contributed by atoms with Gasteiger partial charge in [0.25, 0.3) is 5.56 Å². The van der Waals surface area contributed by atoms with Crippen molar-refractivity contribution in [3.05, 3.63) is 28.3 Å². The number of methoxy groups -OCH3 is 1. The summed E-state index contributed by atoms with van der Waals surface area (Å²) in [6, 6.07) is 0. The van der Waals surface area contributed by atoms with Crippen LogP contribution in [-0.2, 0) is 4.74 Å². The van der Waals surface area contributed by atoms with Gasteiger partial charge in [0, 0.05) is 0 Å². The number of carbonyl (C=O) groups is 1. The first-order chi connectivity index (χ1) is 9.17. The summed E-state index contributed by atoms with van der Waals surface area (Å²) < 4.78 is 11.0. The molecule has 2 aromatic rings. The number of hydrogen-bond donors (Lipinski definition) is 1. The minimum Gasteiger partial charge on any atom is -0.490 e. The van der Waals surface area contributed by atoms with Crippen LogP contribution in [0.5, 0.6) is 5.75 Å². The smallest absolute Gasteiger partial charge is 0.343 e. The van der Waals surface area contributed by atoms with Gasteiger partial charge in [0.05, 0.1) is 26.1 Å². The highest BCUT2D eigenvalue weighted by atomic mass is 16.5. The lowest BCUT2D eigenvalue weighted by Gasteiger charge is -2.01. The van der Waals surface area contributed by atoms with Crippen LogP contribution in [0.4, 0.5) is 0 Å². The summed E-state index contributed by atoms with van der Waals surface area (Å²) in [5.74, 6) is -0.403. The zero-order chi connectivity index (χ0) is 14.4. The van der Waals surface area contributed by atoms with Crippen molar-refractivity contribution in [2.24, 2.45) is 0 Å². The maximum Gasteiger partial charge on any atom is 0.343 e. The number of esters is 1. The molecule has 19 heavy (non-hydrogen) atoms. The normalized spacial score (nSPS) is 9.68. The van der Waals surface area contributed by atoms with Crippen molar-refractivity contribution in [1.29, 1.82) is 0 Å². The van der Waals surface area contributed by atoms with Gasteiger partial charge in [-0.2, -0.15) is 5.10 Å². The van der Waals surface area contributed by atoms with Crippen molar-refractivity contribution < 1.29 is 14.3 Å². The quantitative estimate of drug-likeness (QED) is 0.845. The fourth-order valence-corrected chi connectivity index (χ4v) is 1.43. The van der Waals surface area contributed by atoms with E-state index < -0.39 is 11.5 Å². The van der Waals surface area contributed by atoms with Crippen LogP contribution in [-0.4, -0.2) is 34.3 Å². The second kappa shape index (κ2) is 6.58. The molecule has 2 aromatic heterocycles. The molecule has 0 unspecified atom stereocenters. The van der Waals surface area contributed by atoms with E-state index in [-0.39, 0.29) is 23.6 Å². The molecule has 0 aliphatic heterocycles. The standard InChI is InChI=1S/C10H11N3O4.C2H6/c1-3-17-10(15)6-4-11-13-5-7(16-2)9(14)12-8(6)13;1-2/h4-5H,3H2,1-2H3,(H,12,14);1-2H3. The fraction of sp³-hybridized carbons (Fsp3) is 0.417. The number of nitrogens with one attached hydrogen (secondary N) is 1. The summed E-state index contributed by atoms with van der Waals surface area (Å²) in [5, 5.41) is 3.94. The van der Waals surface area contributed by atoms with Gasteiger partial charge >= 0.3 is 5.97 Å². The third-order valence-corrected chi connectivity index (χ3v) is 2.21. The van der Waals surface area contributed by atoms with Crippen LogP contribution in [0.3, 0.4) is 0 Å². The van der Waals surface area contributed by atoms with E-state index in [4.69, 9.17) is 9.47 Å². The Hall–Kier alpha value is -2.31. The van der Waals surface area contributed by atoms with E-state index >= 15 is 0 Å². The van der Waals surface area contributed by atoms with Crippen molar-refractivity contribution in [1.82, 2.24) is 14.6 Å². The maximum absolute atomic E-state index is 11.6. The van der Waals surface area contributed by atoms with Crippen LogP contribution in [0.15, 0.2) is 17.2 Å². The van der Waals surface area contributed by atoms with Crippen molar-refractivity contribution in [3.63, 3.8) is 0 Å². The summed E-state index contributed by atoms with van der Waals surface area (Å²) >= 11 is 0. The number of hydrogen-bond acceptors (Lipinski definition) is 5. The predicted octanol–water partition coefficient (Wildman–Crippen LogP) is 1.23. The Morgan fingerprint density at radius 2 is 2.16 bits per heavy atom. The highest BCUT2D eigenvalue weighted by Gasteiger charge is 2.15. The number of carbonyl (C=O) groups excluding carboxylic acids is 1. The van der Waals surface area contributed by atoms with E-state index in [2.05, 4.69) is 10.1 Å². The third-order valence-electron chi connectivity index (χ3n) is 2.21. The molecule has 1 N–H and O–H groups in total. The van der Waals surface area contributed by atoms with Gasteiger partial charge in [-0.15, -0.1) is 0 Å². The third kappa shape index (κ3) is 2.93. The van der Waals surface area contributed by atoms with Crippen LogP contribution >= 0.6 is 0 Å². The van der Waals surface area contributed by atoms with Gasteiger partial charge in [0.1, 0.15) is 5.56 Å². The largest absolute Gasteiger partial charge is 0.490 e. The van der Waals surface area contributed by atoms with Crippen LogP contribution in [0.25, 0.3) is 5.65 Å². The number of fused-ring (bicyclic) bond motifs is 1. The van der Waals surface area contributed by atoms with Gasteiger partial charge in [-0.05, 0) is 6.92 Å². The van der Waals surface area contributed by atoms with E-state index in [1.54, 1.807) is 6.92 Å². The van der Waals surface area contributed by atoms with Crippen molar-refractivity contribution in [2.75, 3.05) is 13.7 Å². The lowest BCUT2D eigenvalue weighted by Crippen LogP contribution is -2.13. The Balaban J connectivity index is 0.000000861. The van der Waals surface area contributed by atoms with E-state index in [9.17, 15) is 9.59 Å². The minimum absolute atomic E-state index is 0.121. The Morgan fingerprint density at radius 3 is 2.74 bits per heavy atom. The number of rotatable bonds is 3. The predicted molar refractivity (Wildman–Crippen MR) is 69.7 cm³/mol. The molecule has 0 saturated carbocycles. The van der Waals surface area contributed by atoms with Crippen molar-refractivity contribution in [3.8, 4) is 5.75 Å². The highest BCUT2D eigenvalue weighted by Crippen LogP contribution is 2.10. The average molecular weight is 267 g/mol. The molecule has 0 atom stereocenters. The van der Waals surface area contributed by atoms with Gasteiger partial charge in [-0.1, -0.05) is 13.8 Å². The van der Waals surface area contributed by atoms with Gasteiger partial charge in [-0.3, -0.25) is 4.79 Å². The molecule has 0 spiro atoms. The second-order valence-corrected chi connectivity index (χ2v) is 3.22.